The molecule has 1 saturated heterocycles. The SMILES string of the molecule is COc1ccc(OC)c(NC(=O)CN2CCCN(Cc3ccccc3Cl)S2(=O)=O)c1. The zero-order valence-electron chi connectivity index (χ0n) is 16.8. The van der Waals surface area contributed by atoms with Crippen molar-refractivity contribution >= 4 is 33.4 Å². The molecule has 162 valence electrons. The van der Waals surface area contributed by atoms with Crippen LogP contribution in [-0.4, -0.2) is 56.8 Å². The Labute approximate surface area is 181 Å². The lowest BCUT2D eigenvalue weighted by atomic mass is 10.2. The first-order valence-corrected chi connectivity index (χ1v) is 11.1. The van der Waals surface area contributed by atoms with Crippen LogP contribution in [0.2, 0.25) is 5.02 Å². The van der Waals surface area contributed by atoms with Gasteiger partial charge in [-0.2, -0.15) is 17.0 Å². The molecule has 0 atom stereocenters. The topological polar surface area (TPSA) is 88.2 Å². The van der Waals surface area contributed by atoms with Gasteiger partial charge in [0.15, 0.2) is 0 Å². The van der Waals surface area contributed by atoms with Crippen molar-refractivity contribution in [3.63, 3.8) is 0 Å². The molecule has 10 heteroatoms. The van der Waals surface area contributed by atoms with Gasteiger partial charge in [-0.3, -0.25) is 4.79 Å². The molecule has 1 aliphatic rings. The molecule has 0 spiro atoms. The normalized spacial score (nSPS) is 16.8. The summed E-state index contributed by atoms with van der Waals surface area (Å²) in [4.78, 5) is 12.6. The van der Waals surface area contributed by atoms with Gasteiger partial charge in [-0.05, 0) is 30.2 Å². The van der Waals surface area contributed by atoms with E-state index in [1.54, 1.807) is 36.4 Å². The Morgan fingerprint density at radius 2 is 1.83 bits per heavy atom. The van der Waals surface area contributed by atoms with Crippen LogP contribution in [0.4, 0.5) is 5.69 Å². The van der Waals surface area contributed by atoms with Crippen LogP contribution in [0.1, 0.15) is 12.0 Å². The number of rotatable bonds is 7. The Morgan fingerprint density at radius 3 is 2.53 bits per heavy atom. The molecular weight excluding hydrogens is 430 g/mol. The largest absolute Gasteiger partial charge is 0.497 e. The molecule has 2 aromatic rings. The highest BCUT2D eigenvalue weighted by molar-refractivity contribution is 7.86. The number of benzene rings is 2. The third-order valence-corrected chi connectivity index (χ3v) is 7.07. The van der Waals surface area contributed by atoms with Crippen LogP contribution in [0, 0.1) is 0 Å². The zero-order valence-corrected chi connectivity index (χ0v) is 18.4. The molecule has 2 aromatic carbocycles. The van der Waals surface area contributed by atoms with Crippen molar-refractivity contribution < 1.29 is 22.7 Å². The second-order valence-corrected chi connectivity index (χ2v) is 9.07. The van der Waals surface area contributed by atoms with Gasteiger partial charge in [0.1, 0.15) is 11.5 Å². The summed E-state index contributed by atoms with van der Waals surface area (Å²) < 4.78 is 39.0. The number of anilines is 1. The summed E-state index contributed by atoms with van der Waals surface area (Å²) in [6.45, 7) is 0.491. The fourth-order valence-corrected chi connectivity index (χ4v) is 5.04. The molecule has 0 aliphatic carbocycles. The number of ether oxygens (including phenoxy) is 2. The maximum atomic E-state index is 13.0. The number of halogens is 1. The van der Waals surface area contributed by atoms with Crippen LogP contribution in [0.15, 0.2) is 42.5 Å². The molecule has 30 heavy (non-hydrogen) atoms. The first-order chi connectivity index (χ1) is 14.3. The molecule has 0 aromatic heterocycles. The molecule has 0 unspecified atom stereocenters. The average molecular weight is 454 g/mol. The lowest BCUT2D eigenvalue weighted by Crippen LogP contribution is -2.51. The van der Waals surface area contributed by atoms with E-state index in [4.69, 9.17) is 21.1 Å². The number of amides is 1. The van der Waals surface area contributed by atoms with Gasteiger partial charge in [-0.1, -0.05) is 29.8 Å². The molecule has 0 saturated carbocycles. The van der Waals surface area contributed by atoms with Crippen LogP contribution in [0.3, 0.4) is 0 Å². The molecule has 0 bridgehead atoms. The van der Waals surface area contributed by atoms with E-state index in [1.807, 2.05) is 6.07 Å². The first-order valence-electron chi connectivity index (χ1n) is 9.35. The number of carbonyl (C=O) groups excluding carboxylic acids is 1. The number of carbonyl (C=O) groups is 1. The predicted octanol–water partition coefficient (Wildman–Crippen LogP) is 2.75. The molecule has 1 N–H and O–H groups in total. The first kappa shape index (κ1) is 22.4. The van der Waals surface area contributed by atoms with Crippen LogP contribution in [-0.2, 0) is 21.5 Å². The summed E-state index contributed by atoms with van der Waals surface area (Å²) in [6, 6.07) is 12.1. The maximum absolute atomic E-state index is 13.0. The van der Waals surface area contributed by atoms with Gasteiger partial charge in [-0.15, -0.1) is 0 Å². The van der Waals surface area contributed by atoms with Gasteiger partial charge in [0.25, 0.3) is 10.2 Å². The van der Waals surface area contributed by atoms with Crippen LogP contribution < -0.4 is 14.8 Å². The fraction of sp³-hybridized carbons (Fsp3) is 0.350. The molecule has 1 heterocycles. The van der Waals surface area contributed by atoms with Crippen molar-refractivity contribution in [2.45, 2.75) is 13.0 Å². The van der Waals surface area contributed by atoms with Crippen LogP contribution in [0.5, 0.6) is 11.5 Å². The molecule has 8 nitrogen and oxygen atoms in total. The Balaban J connectivity index is 1.71. The summed E-state index contributed by atoms with van der Waals surface area (Å²) in [5, 5.41) is 3.21. The monoisotopic (exact) mass is 453 g/mol. The smallest absolute Gasteiger partial charge is 0.282 e. The summed E-state index contributed by atoms with van der Waals surface area (Å²) in [6.07, 6.45) is 0.611. The summed E-state index contributed by atoms with van der Waals surface area (Å²) in [5.41, 5.74) is 1.12. The molecule has 0 radical (unpaired) electrons. The van der Waals surface area contributed by atoms with Gasteiger partial charge in [-0.25, -0.2) is 0 Å². The minimum absolute atomic E-state index is 0.157. The summed E-state index contributed by atoms with van der Waals surface area (Å²) in [7, 11) is -0.803. The van der Waals surface area contributed by atoms with E-state index >= 15 is 0 Å². The highest BCUT2D eigenvalue weighted by atomic mass is 35.5. The summed E-state index contributed by atoms with van der Waals surface area (Å²) in [5.74, 6) is 0.526. The van der Waals surface area contributed by atoms with Gasteiger partial charge in [0.05, 0.1) is 26.5 Å². The number of hydrogen-bond acceptors (Lipinski definition) is 5. The Bertz CT molecular complexity index is 1020. The van der Waals surface area contributed by atoms with Gasteiger partial charge >= 0.3 is 0 Å². The van der Waals surface area contributed by atoms with Gasteiger partial charge in [0.2, 0.25) is 5.91 Å². The van der Waals surface area contributed by atoms with E-state index in [0.29, 0.717) is 35.2 Å². The van der Waals surface area contributed by atoms with E-state index in [0.717, 1.165) is 5.56 Å². The van der Waals surface area contributed by atoms with Crippen LogP contribution >= 0.6 is 11.6 Å². The van der Waals surface area contributed by atoms with E-state index < -0.39 is 16.1 Å². The zero-order chi connectivity index (χ0) is 21.7. The van der Waals surface area contributed by atoms with E-state index in [9.17, 15) is 13.2 Å². The van der Waals surface area contributed by atoms with Crippen LogP contribution in [0.25, 0.3) is 0 Å². The number of nitrogens with one attached hydrogen (secondary N) is 1. The van der Waals surface area contributed by atoms with Crippen molar-refractivity contribution in [1.82, 2.24) is 8.61 Å². The number of nitrogens with zero attached hydrogens (tertiary/aromatic N) is 2. The Hall–Kier alpha value is -2.33. The van der Waals surface area contributed by atoms with Crippen molar-refractivity contribution in [2.24, 2.45) is 0 Å². The third kappa shape index (κ3) is 5.04. The van der Waals surface area contributed by atoms with Crippen molar-refractivity contribution in [3.05, 3.63) is 53.1 Å². The van der Waals surface area contributed by atoms with E-state index in [2.05, 4.69) is 5.32 Å². The molecule has 3 rings (SSSR count). The van der Waals surface area contributed by atoms with Gasteiger partial charge < -0.3 is 14.8 Å². The quantitative estimate of drug-likeness (QED) is 0.696. The minimum Gasteiger partial charge on any atom is -0.497 e. The molecule has 1 amide bonds. The minimum atomic E-state index is -3.80. The average Bonchev–Trinajstić information content (AvgIpc) is 2.72. The third-order valence-electron chi connectivity index (χ3n) is 4.77. The second-order valence-electron chi connectivity index (χ2n) is 6.73. The predicted molar refractivity (Wildman–Crippen MR) is 115 cm³/mol. The molecular formula is C20H24ClN3O5S. The Kier molecular flexibility index (Phi) is 7.19. The number of hydrogen-bond donors (Lipinski definition) is 1. The lowest BCUT2D eigenvalue weighted by Gasteiger charge is -2.34. The fourth-order valence-electron chi connectivity index (χ4n) is 3.22. The molecule has 1 fully saturated rings. The van der Waals surface area contributed by atoms with Crippen molar-refractivity contribution in [1.29, 1.82) is 0 Å². The summed E-state index contributed by atoms with van der Waals surface area (Å²) >= 11 is 6.18. The van der Waals surface area contributed by atoms with Crippen molar-refractivity contribution in [3.8, 4) is 11.5 Å². The Morgan fingerprint density at radius 1 is 1.10 bits per heavy atom. The molecule has 1 aliphatic heterocycles. The maximum Gasteiger partial charge on any atom is 0.282 e. The highest BCUT2D eigenvalue weighted by Crippen LogP contribution is 2.29. The second kappa shape index (κ2) is 9.65. The van der Waals surface area contributed by atoms with E-state index in [-0.39, 0.29) is 19.6 Å². The number of methoxy groups -OCH3 is 2. The van der Waals surface area contributed by atoms with Crippen molar-refractivity contribution in [2.75, 3.05) is 39.2 Å². The van der Waals surface area contributed by atoms with Gasteiger partial charge in [0, 0.05) is 30.7 Å². The van der Waals surface area contributed by atoms with E-state index in [1.165, 1.54) is 22.8 Å². The lowest BCUT2D eigenvalue weighted by molar-refractivity contribution is -0.116. The highest BCUT2D eigenvalue weighted by Gasteiger charge is 2.35. The standard InChI is InChI=1S/C20H24ClN3O5S/c1-28-16-8-9-19(29-2)18(12-16)22-20(25)14-24-11-5-10-23(30(24,26)27)13-15-6-3-4-7-17(15)21/h3-4,6-9,12H,5,10-11,13-14H2,1-2H3,(H,22,25).